The van der Waals surface area contributed by atoms with Crippen molar-refractivity contribution in [2.24, 2.45) is 0 Å². The Bertz CT molecular complexity index is 310. The molecule has 0 radical (unpaired) electrons. The molecule has 0 bridgehead atoms. The molecule has 0 atom stereocenters. The molecule has 0 amide bonds. The monoisotopic (exact) mass is 194 g/mol. The number of nitrogens with two attached hydrogens (primary N) is 1. The average Bonchev–Trinajstić information content (AvgIpc) is 2.70. The smallest absolute Gasteiger partial charge is 0.147 e. The van der Waals surface area contributed by atoms with Crippen LogP contribution in [0.2, 0.25) is 0 Å². The fraction of sp³-hybridized carbons (Fsp3) is 0.700. The lowest BCUT2D eigenvalue weighted by Crippen LogP contribution is -2.22. The van der Waals surface area contributed by atoms with Crippen LogP contribution in [0.4, 0.5) is 11.6 Å². The van der Waals surface area contributed by atoms with Gasteiger partial charge in [-0.05, 0) is 26.7 Å². The highest BCUT2D eigenvalue weighted by atomic mass is 15.4. The van der Waals surface area contributed by atoms with Crippen LogP contribution >= 0.6 is 0 Å². The van der Waals surface area contributed by atoms with Gasteiger partial charge in [0.05, 0.1) is 0 Å². The van der Waals surface area contributed by atoms with Crippen LogP contribution < -0.4 is 10.6 Å². The van der Waals surface area contributed by atoms with Crippen molar-refractivity contribution in [2.45, 2.75) is 32.7 Å². The third kappa shape index (κ3) is 1.56. The molecule has 1 saturated heterocycles. The molecule has 14 heavy (non-hydrogen) atoms. The second kappa shape index (κ2) is 3.52. The van der Waals surface area contributed by atoms with E-state index in [4.69, 9.17) is 5.73 Å². The van der Waals surface area contributed by atoms with Gasteiger partial charge in [-0.1, -0.05) is 0 Å². The Labute approximate surface area is 84.7 Å². The number of nitrogens with zero attached hydrogens (tertiary/aromatic N) is 3. The van der Waals surface area contributed by atoms with Gasteiger partial charge in [-0.15, -0.1) is 0 Å². The largest absolute Gasteiger partial charge is 0.382 e. The van der Waals surface area contributed by atoms with Gasteiger partial charge in [0.25, 0.3) is 0 Å². The number of rotatable bonds is 2. The lowest BCUT2D eigenvalue weighted by molar-refractivity contribution is 0.531. The summed E-state index contributed by atoms with van der Waals surface area (Å²) in [4.78, 5) is 2.36. The first-order valence-corrected chi connectivity index (χ1v) is 5.28. The summed E-state index contributed by atoms with van der Waals surface area (Å²) in [7, 11) is 0. The Morgan fingerprint density at radius 3 is 2.57 bits per heavy atom. The van der Waals surface area contributed by atoms with Gasteiger partial charge in [-0.25, -0.2) is 4.68 Å². The van der Waals surface area contributed by atoms with Gasteiger partial charge in [-0.2, -0.15) is 5.10 Å². The molecule has 2 N–H and O–H groups in total. The first-order chi connectivity index (χ1) is 6.68. The molecule has 2 heterocycles. The quantitative estimate of drug-likeness (QED) is 0.778. The van der Waals surface area contributed by atoms with Gasteiger partial charge in [-0.3, -0.25) is 0 Å². The SMILES string of the molecule is CC(C)n1nc(N)cc1N1CCCC1. The van der Waals surface area contributed by atoms with E-state index < -0.39 is 0 Å². The van der Waals surface area contributed by atoms with Crippen molar-refractivity contribution in [1.82, 2.24) is 9.78 Å². The van der Waals surface area contributed by atoms with Gasteiger partial charge in [0.2, 0.25) is 0 Å². The van der Waals surface area contributed by atoms with Gasteiger partial charge in [0.1, 0.15) is 11.6 Å². The van der Waals surface area contributed by atoms with Crippen LogP contribution in [0, 0.1) is 0 Å². The lowest BCUT2D eigenvalue weighted by atomic mass is 10.4. The molecule has 4 heteroatoms. The van der Waals surface area contributed by atoms with Crippen LogP contribution in [0.25, 0.3) is 0 Å². The summed E-state index contributed by atoms with van der Waals surface area (Å²) < 4.78 is 2.01. The van der Waals surface area contributed by atoms with Crippen molar-refractivity contribution in [3.8, 4) is 0 Å². The molecule has 1 aromatic heterocycles. The molecule has 0 aromatic carbocycles. The van der Waals surface area contributed by atoms with E-state index in [0.717, 1.165) is 13.1 Å². The highest BCUT2D eigenvalue weighted by Crippen LogP contribution is 2.25. The van der Waals surface area contributed by atoms with Crippen LogP contribution in [-0.4, -0.2) is 22.9 Å². The van der Waals surface area contributed by atoms with Crippen molar-refractivity contribution >= 4 is 11.6 Å². The fourth-order valence-corrected chi connectivity index (χ4v) is 1.97. The van der Waals surface area contributed by atoms with Crippen LogP contribution in [-0.2, 0) is 0 Å². The van der Waals surface area contributed by atoms with Crippen LogP contribution in [0.3, 0.4) is 0 Å². The zero-order chi connectivity index (χ0) is 10.1. The molecule has 4 nitrogen and oxygen atoms in total. The van der Waals surface area contributed by atoms with E-state index in [2.05, 4.69) is 23.8 Å². The number of hydrogen-bond donors (Lipinski definition) is 1. The second-order valence-electron chi connectivity index (χ2n) is 4.16. The predicted molar refractivity (Wildman–Crippen MR) is 58.5 cm³/mol. The Balaban J connectivity index is 2.30. The molecule has 0 spiro atoms. The molecule has 0 saturated carbocycles. The first-order valence-electron chi connectivity index (χ1n) is 5.28. The zero-order valence-electron chi connectivity index (χ0n) is 8.90. The molecular weight excluding hydrogens is 176 g/mol. The minimum absolute atomic E-state index is 0.378. The van der Waals surface area contributed by atoms with Crippen LogP contribution in [0.5, 0.6) is 0 Å². The van der Waals surface area contributed by atoms with Gasteiger partial charge < -0.3 is 10.6 Å². The lowest BCUT2D eigenvalue weighted by Gasteiger charge is -2.20. The summed E-state index contributed by atoms with van der Waals surface area (Å²) in [5.74, 6) is 1.80. The molecule has 2 rings (SSSR count). The minimum atomic E-state index is 0.378. The maximum atomic E-state index is 5.73. The molecular formula is C10H18N4. The minimum Gasteiger partial charge on any atom is -0.382 e. The summed E-state index contributed by atoms with van der Waals surface area (Å²) in [6, 6.07) is 2.36. The highest BCUT2D eigenvalue weighted by Gasteiger charge is 2.18. The number of aromatic nitrogens is 2. The van der Waals surface area contributed by atoms with Crippen molar-refractivity contribution in [2.75, 3.05) is 23.7 Å². The topological polar surface area (TPSA) is 47.1 Å². The summed E-state index contributed by atoms with van der Waals surface area (Å²) in [6.07, 6.45) is 2.56. The van der Waals surface area contributed by atoms with E-state index in [0.29, 0.717) is 11.9 Å². The van der Waals surface area contributed by atoms with Crippen LogP contribution in [0.15, 0.2) is 6.07 Å². The number of hydrogen-bond acceptors (Lipinski definition) is 3. The number of nitrogen functional groups attached to an aromatic ring is 1. The fourth-order valence-electron chi connectivity index (χ4n) is 1.97. The van der Waals surface area contributed by atoms with E-state index in [9.17, 15) is 0 Å². The molecule has 78 valence electrons. The number of anilines is 2. The third-order valence-electron chi connectivity index (χ3n) is 2.65. The summed E-state index contributed by atoms with van der Waals surface area (Å²) in [6.45, 7) is 6.54. The molecule has 0 aliphatic carbocycles. The van der Waals surface area contributed by atoms with Gasteiger partial charge in [0, 0.05) is 25.2 Å². The van der Waals surface area contributed by atoms with E-state index in [-0.39, 0.29) is 0 Å². The van der Waals surface area contributed by atoms with E-state index >= 15 is 0 Å². The molecule has 1 fully saturated rings. The van der Waals surface area contributed by atoms with Crippen molar-refractivity contribution in [3.63, 3.8) is 0 Å². The summed E-state index contributed by atoms with van der Waals surface area (Å²) in [5, 5.41) is 4.31. The summed E-state index contributed by atoms with van der Waals surface area (Å²) >= 11 is 0. The van der Waals surface area contributed by atoms with Gasteiger partial charge >= 0.3 is 0 Å². The third-order valence-corrected chi connectivity index (χ3v) is 2.65. The second-order valence-corrected chi connectivity index (χ2v) is 4.16. The van der Waals surface area contributed by atoms with Crippen molar-refractivity contribution in [1.29, 1.82) is 0 Å². The first kappa shape index (κ1) is 9.37. The zero-order valence-corrected chi connectivity index (χ0v) is 8.90. The molecule has 1 aliphatic rings. The van der Waals surface area contributed by atoms with Gasteiger partial charge in [0.15, 0.2) is 0 Å². The van der Waals surface area contributed by atoms with Crippen LogP contribution in [0.1, 0.15) is 32.7 Å². The summed E-state index contributed by atoms with van der Waals surface area (Å²) in [5.41, 5.74) is 5.73. The molecule has 1 aliphatic heterocycles. The standard InChI is InChI=1S/C10H18N4/c1-8(2)14-10(7-9(11)12-14)13-5-3-4-6-13/h7-8H,3-6H2,1-2H3,(H2,11,12). The van der Waals surface area contributed by atoms with Crippen molar-refractivity contribution in [3.05, 3.63) is 6.07 Å². The Morgan fingerprint density at radius 2 is 2.00 bits per heavy atom. The maximum absolute atomic E-state index is 5.73. The molecule has 0 unspecified atom stereocenters. The Kier molecular flexibility index (Phi) is 2.35. The Morgan fingerprint density at radius 1 is 1.36 bits per heavy atom. The molecule has 1 aromatic rings. The van der Waals surface area contributed by atoms with E-state index in [1.807, 2.05) is 10.7 Å². The predicted octanol–water partition coefficient (Wildman–Crippen LogP) is 1.65. The normalized spacial score (nSPS) is 16.9. The Hall–Kier alpha value is -1.19. The van der Waals surface area contributed by atoms with E-state index in [1.165, 1.54) is 18.7 Å². The maximum Gasteiger partial charge on any atom is 0.147 e. The highest BCUT2D eigenvalue weighted by molar-refractivity contribution is 5.49. The van der Waals surface area contributed by atoms with Crippen molar-refractivity contribution < 1.29 is 0 Å². The average molecular weight is 194 g/mol. The van der Waals surface area contributed by atoms with E-state index in [1.54, 1.807) is 0 Å².